The van der Waals surface area contributed by atoms with Crippen molar-refractivity contribution in [1.82, 2.24) is 10.6 Å². The average Bonchev–Trinajstić information content (AvgIpc) is 2.28. The van der Waals surface area contributed by atoms with E-state index in [1.165, 1.54) is 0 Å². The maximum Gasteiger partial charge on any atom is 0.236 e. The summed E-state index contributed by atoms with van der Waals surface area (Å²) in [4.78, 5) is 22.6. The summed E-state index contributed by atoms with van der Waals surface area (Å²) >= 11 is 0. The zero-order chi connectivity index (χ0) is 13.3. The van der Waals surface area contributed by atoms with Crippen LogP contribution in [-0.4, -0.2) is 30.9 Å². The molecule has 5 nitrogen and oxygen atoms in total. The molecule has 0 radical (unpaired) electrons. The second-order valence-corrected chi connectivity index (χ2v) is 4.49. The highest BCUT2D eigenvalue weighted by Crippen LogP contribution is 1.93. The summed E-state index contributed by atoms with van der Waals surface area (Å²) < 4.78 is 0. The van der Waals surface area contributed by atoms with Crippen LogP contribution in [0.3, 0.4) is 0 Å². The predicted molar refractivity (Wildman–Crippen MR) is 68.4 cm³/mol. The van der Waals surface area contributed by atoms with E-state index in [9.17, 15) is 9.59 Å². The Morgan fingerprint density at radius 3 is 2.12 bits per heavy atom. The van der Waals surface area contributed by atoms with Crippen LogP contribution < -0.4 is 16.4 Å². The number of nitrogens with one attached hydrogen (secondary N) is 2. The van der Waals surface area contributed by atoms with Crippen LogP contribution in [0.4, 0.5) is 0 Å². The second-order valence-electron chi connectivity index (χ2n) is 4.49. The fourth-order valence-corrected chi connectivity index (χ4v) is 1.29. The molecule has 0 saturated carbocycles. The van der Waals surface area contributed by atoms with E-state index in [0.717, 1.165) is 12.8 Å². The molecule has 0 rings (SSSR count). The van der Waals surface area contributed by atoms with Gasteiger partial charge in [-0.05, 0) is 12.8 Å². The van der Waals surface area contributed by atoms with Crippen LogP contribution in [0.2, 0.25) is 0 Å². The molecule has 0 heterocycles. The smallest absolute Gasteiger partial charge is 0.236 e. The molecular weight excluding hydrogens is 218 g/mol. The van der Waals surface area contributed by atoms with E-state index >= 15 is 0 Å². The number of rotatable bonds is 8. The van der Waals surface area contributed by atoms with Crippen LogP contribution in [0.15, 0.2) is 0 Å². The van der Waals surface area contributed by atoms with Gasteiger partial charge in [0.05, 0.1) is 6.04 Å². The number of carbonyl (C=O) groups excluding carboxylic acids is 2. The van der Waals surface area contributed by atoms with E-state index < -0.39 is 6.04 Å². The van der Waals surface area contributed by atoms with E-state index in [4.69, 9.17) is 5.73 Å². The topological polar surface area (TPSA) is 84.2 Å². The fourth-order valence-electron chi connectivity index (χ4n) is 1.29. The molecule has 1 unspecified atom stereocenters. The minimum Gasteiger partial charge on any atom is -0.356 e. The van der Waals surface area contributed by atoms with Crippen molar-refractivity contribution in [1.29, 1.82) is 0 Å². The molecule has 4 N–H and O–H groups in total. The van der Waals surface area contributed by atoms with Crippen molar-refractivity contribution in [3.8, 4) is 0 Å². The first-order valence-corrected chi connectivity index (χ1v) is 6.30. The average molecular weight is 243 g/mol. The van der Waals surface area contributed by atoms with Crippen molar-refractivity contribution in [3.63, 3.8) is 0 Å². The zero-order valence-corrected chi connectivity index (χ0v) is 11.1. The third kappa shape index (κ3) is 7.74. The van der Waals surface area contributed by atoms with Gasteiger partial charge in [0.15, 0.2) is 0 Å². The van der Waals surface area contributed by atoms with Crippen LogP contribution in [0.5, 0.6) is 0 Å². The first kappa shape index (κ1) is 15.9. The molecule has 17 heavy (non-hydrogen) atoms. The van der Waals surface area contributed by atoms with Gasteiger partial charge in [-0.25, -0.2) is 0 Å². The van der Waals surface area contributed by atoms with Gasteiger partial charge in [-0.2, -0.15) is 0 Å². The molecular formula is C12H25N3O2. The lowest BCUT2D eigenvalue weighted by molar-refractivity contribution is -0.124. The third-order valence-corrected chi connectivity index (χ3v) is 2.41. The fraction of sp³-hybridized carbons (Fsp3) is 0.833. The Balaban J connectivity index is 3.52. The molecule has 0 saturated heterocycles. The highest BCUT2D eigenvalue weighted by Gasteiger charge is 2.11. The van der Waals surface area contributed by atoms with Gasteiger partial charge >= 0.3 is 0 Å². The number of nitrogens with two attached hydrogens (primary N) is 1. The highest BCUT2D eigenvalue weighted by atomic mass is 16.2. The second kappa shape index (κ2) is 8.98. The van der Waals surface area contributed by atoms with Gasteiger partial charge in [-0.1, -0.05) is 27.2 Å². The Hall–Kier alpha value is -1.10. The zero-order valence-electron chi connectivity index (χ0n) is 11.1. The molecule has 0 fully saturated rings. The molecule has 0 aromatic heterocycles. The van der Waals surface area contributed by atoms with Crippen molar-refractivity contribution in [2.75, 3.05) is 13.1 Å². The van der Waals surface area contributed by atoms with Crippen LogP contribution in [0.1, 0.15) is 40.0 Å². The summed E-state index contributed by atoms with van der Waals surface area (Å²) in [5.41, 5.74) is 5.65. The summed E-state index contributed by atoms with van der Waals surface area (Å²) in [5, 5.41) is 5.54. The summed E-state index contributed by atoms with van der Waals surface area (Å²) in [6.07, 6.45) is 2.33. The Kier molecular flexibility index (Phi) is 8.40. The molecule has 0 aliphatic carbocycles. The summed E-state index contributed by atoms with van der Waals surface area (Å²) in [7, 11) is 0. The minimum absolute atomic E-state index is 0.00238. The normalized spacial score (nSPS) is 12.3. The number of carbonyl (C=O) groups is 2. The van der Waals surface area contributed by atoms with Crippen molar-refractivity contribution in [2.45, 2.75) is 46.1 Å². The molecule has 0 spiro atoms. The number of amides is 2. The van der Waals surface area contributed by atoms with E-state index in [1.807, 2.05) is 20.8 Å². The number of hydrogen-bond donors (Lipinski definition) is 3. The third-order valence-electron chi connectivity index (χ3n) is 2.41. The molecule has 0 aromatic rings. The standard InChI is InChI=1S/C12H25N3O2/c1-4-6-10(13)12(17)15-8-5-7-14-11(16)9(2)3/h9-10H,4-8,13H2,1-3H3,(H,14,16)(H,15,17). The minimum atomic E-state index is -0.412. The van der Waals surface area contributed by atoms with Gasteiger partial charge in [0.2, 0.25) is 11.8 Å². The maximum atomic E-state index is 11.4. The molecule has 0 aliphatic rings. The lowest BCUT2D eigenvalue weighted by Gasteiger charge is -2.11. The largest absolute Gasteiger partial charge is 0.356 e. The van der Waals surface area contributed by atoms with Crippen molar-refractivity contribution < 1.29 is 9.59 Å². The first-order valence-electron chi connectivity index (χ1n) is 6.30. The SMILES string of the molecule is CCCC(N)C(=O)NCCCNC(=O)C(C)C. The van der Waals surface area contributed by atoms with Gasteiger partial charge in [0.1, 0.15) is 0 Å². The summed E-state index contributed by atoms with van der Waals surface area (Å²) in [6.45, 7) is 6.82. The van der Waals surface area contributed by atoms with Crippen LogP contribution in [-0.2, 0) is 9.59 Å². The molecule has 1 atom stereocenters. The van der Waals surface area contributed by atoms with E-state index in [0.29, 0.717) is 19.5 Å². The van der Waals surface area contributed by atoms with Gasteiger partial charge in [0.25, 0.3) is 0 Å². The lowest BCUT2D eigenvalue weighted by atomic mass is 10.1. The molecule has 0 aromatic carbocycles. The Morgan fingerprint density at radius 2 is 1.65 bits per heavy atom. The summed E-state index contributed by atoms with van der Waals surface area (Å²) in [6, 6.07) is -0.412. The maximum absolute atomic E-state index is 11.4. The van der Waals surface area contributed by atoms with E-state index in [2.05, 4.69) is 10.6 Å². The Morgan fingerprint density at radius 1 is 1.12 bits per heavy atom. The molecule has 0 aliphatic heterocycles. The van der Waals surface area contributed by atoms with Crippen LogP contribution in [0.25, 0.3) is 0 Å². The molecule has 100 valence electrons. The quantitative estimate of drug-likeness (QED) is 0.539. The van der Waals surface area contributed by atoms with Crippen molar-refractivity contribution in [3.05, 3.63) is 0 Å². The molecule has 5 heteroatoms. The lowest BCUT2D eigenvalue weighted by Crippen LogP contribution is -2.41. The van der Waals surface area contributed by atoms with Crippen LogP contribution >= 0.6 is 0 Å². The van der Waals surface area contributed by atoms with E-state index in [1.54, 1.807) is 0 Å². The van der Waals surface area contributed by atoms with Crippen molar-refractivity contribution >= 4 is 11.8 Å². The van der Waals surface area contributed by atoms with Gasteiger partial charge in [-0.3, -0.25) is 9.59 Å². The van der Waals surface area contributed by atoms with Crippen LogP contribution in [0, 0.1) is 5.92 Å². The molecule has 0 bridgehead atoms. The number of hydrogen-bond acceptors (Lipinski definition) is 3. The molecule has 2 amide bonds. The van der Waals surface area contributed by atoms with Gasteiger partial charge in [-0.15, -0.1) is 0 Å². The Labute approximate surface area is 104 Å². The van der Waals surface area contributed by atoms with Crippen molar-refractivity contribution in [2.24, 2.45) is 11.7 Å². The predicted octanol–water partition coefficient (Wildman–Crippen LogP) is 0.392. The highest BCUT2D eigenvalue weighted by molar-refractivity contribution is 5.81. The van der Waals surface area contributed by atoms with Gasteiger partial charge < -0.3 is 16.4 Å². The van der Waals surface area contributed by atoms with Gasteiger partial charge in [0, 0.05) is 19.0 Å². The monoisotopic (exact) mass is 243 g/mol. The van der Waals surface area contributed by atoms with E-state index in [-0.39, 0.29) is 17.7 Å². The Bertz CT molecular complexity index is 242. The first-order chi connectivity index (χ1) is 7.99. The summed E-state index contributed by atoms with van der Waals surface area (Å²) in [5.74, 6) is -0.0661.